The summed E-state index contributed by atoms with van der Waals surface area (Å²) in [5.41, 5.74) is 2.12. The molecule has 0 bridgehead atoms. The van der Waals surface area contributed by atoms with E-state index < -0.39 is 18.0 Å². The van der Waals surface area contributed by atoms with Gasteiger partial charge < -0.3 is 14.8 Å². The minimum Gasteiger partial charge on any atom is -0.462 e. The summed E-state index contributed by atoms with van der Waals surface area (Å²) >= 11 is 0. The van der Waals surface area contributed by atoms with Gasteiger partial charge in [-0.3, -0.25) is 24.0 Å². The first-order chi connectivity index (χ1) is 22.8. The summed E-state index contributed by atoms with van der Waals surface area (Å²) in [7, 11) is 0. The van der Waals surface area contributed by atoms with Gasteiger partial charge in [0.05, 0.1) is 13.0 Å². The van der Waals surface area contributed by atoms with E-state index in [9.17, 15) is 24.0 Å². The smallest absolute Gasteiger partial charge is 0.462 e. The number of ether oxygens (including phenoxy) is 2. The van der Waals surface area contributed by atoms with Crippen LogP contribution < -0.4 is 5.32 Å². The monoisotopic (exact) mass is 670 g/mol. The zero-order chi connectivity index (χ0) is 34.6. The fourth-order valence-electron chi connectivity index (χ4n) is 10.4. The van der Waals surface area contributed by atoms with Crippen LogP contribution in [-0.4, -0.2) is 54.2 Å². The van der Waals surface area contributed by atoms with Crippen molar-refractivity contribution in [1.29, 1.82) is 0 Å². The van der Waals surface area contributed by atoms with Gasteiger partial charge >= 0.3 is 12.1 Å². The van der Waals surface area contributed by atoms with Gasteiger partial charge in [-0.2, -0.15) is 0 Å². The van der Waals surface area contributed by atoms with Crippen LogP contribution in [0.25, 0.3) is 0 Å². The van der Waals surface area contributed by atoms with Gasteiger partial charge in [0, 0.05) is 25.7 Å². The van der Waals surface area contributed by atoms with Crippen LogP contribution in [0.4, 0.5) is 4.79 Å². The van der Waals surface area contributed by atoms with E-state index in [1.54, 1.807) is 0 Å². The zero-order valence-electron chi connectivity index (χ0n) is 29.9. The molecule has 48 heavy (non-hydrogen) atoms. The van der Waals surface area contributed by atoms with Crippen LogP contribution in [-0.2, 0) is 33.5 Å². The van der Waals surface area contributed by atoms with Gasteiger partial charge in [0.1, 0.15) is 12.7 Å². The molecule has 5 rings (SSSR count). The third kappa shape index (κ3) is 7.93. The number of hydrogen-bond donors (Lipinski definition) is 1. The molecule has 0 radical (unpaired) electrons. The second-order valence-corrected chi connectivity index (χ2v) is 16.3. The van der Waals surface area contributed by atoms with Crippen LogP contribution in [0.2, 0.25) is 0 Å². The van der Waals surface area contributed by atoms with Crippen LogP contribution in [0.3, 0.4) is 0 Å². The van der Waals surface area contributed by atoms with E-state index in [1.165, 1.54) is 50.5 Å². The Bertz CT molecular complexity index is 1250. The Morgan fingerprint density at radius 3 is 2.44 bits per heavy atom. The third-order valence-corrected chi connectivity index (χ3v) is 12.9. The number of hydroxylamine groups is 2. The van der Waals surface area contributed by atoms with Crippen molar-refractivity contribution in [2.75, 3.05) is 13.2 Å². The summed E-state index contributed by atoms with van der Waals surface area (Å²) in [6, 6.07) is 0. The predicted octanol–water partition coefficient (Wildman–Crippen LogP) is 7.05. The van der Waals surface area contributed by atoms with Crippen LogP contribution in [0.1, 0.15) is 131 Å². The number of fused-ring (bicyclic) bond motifs is 5. The van der Waals surface area contributed by atoms with Crippen LogP contribution in [0.5, 0.6) is 0 Å². The molecule has 8 atom stereocenters. The first kappa shape index (κ1) is 36.4. The maximum Gasteiger partial charge on any atom is 0.534 e. The van der Waals surface area contributed by atoms with E-state index in [2.05, 4.69) is 50.8 Å². The van der Waals surface area contributed by atoms with E-state index in [-0.39, 0.29) is 62.2 Å². The number of nitrogens with zero attached hydrogens (tertiary/aromatic N) is 1. The average molecular weight is 671 g/mol. The summed E-state index contributed by atoms with van der Waals surface area (Å²) in [6.07, 6.45) is 14.4. The van der Waals surface area contributed by atoms with Gasteiger partial charge in [0.15, 0.2) is 0 Å². The fraction of sp³-hybridized carbons (Fsp3) is 0.816. The number of esters is 1. The molecule has 5 aliphatic rings. The van der Waals surface area contributed by atoms with Crippen molar-refractivity contribution in [3.8, 4) is 0 Å². The van der Waals surface area contributed by atoms with Crippen molar-refractivity contribution >= 4 is 29.8 Å². The Hall–Kier alpha value is -2.91. The topological polar surface area (TPSA) is 128 Å². The number of carbonyl (C=O) groups excluding carboxylic acids is 5. The predicted molar refractivity (Wildman–Crippen MR) is 179 cm³/mol. The Morgan fingerprint density at radius 2 is 1.71 bits per heavy atom. The molecule has 0 unspecified atom stereocenters. The minimum atomic E-state index is -1.20. The van der Waals surface area contributed by atoms with Crippen molar-refractivity contribution in [2.24, 2.45) is 46.3 Å². The lowest BCUT2D eigenvalue weighted by molar-refractivity contribution is -0.177. The highest BCUT2D eigenvalue weighted by Gasteiger charge is 2.59. The second-order valence-electron chi connectivity index (χ2n) is 16.3. The average Bonchev–Trinajstić information content (AvgIpc) is 3.56. The van der Waals surface area contributed by atoms with Crippen LogP contribution in [0, 0.1) is 46.3 Å². The molecule has 4 fully saturated rings. The normalized spacial score (nSPS) is 33.3. The molecule has 1 heterocycles. The molecule has 10 heteroatoms. The number of hydrogen-bond acceptors (Lipinski definition) is 8. The number of carbonyl (C=O) groups is 5. The van der Waals surface area contributed by atoms with E-state index in [1.807, 2.05) is 0 Å². The van der Waals surface area contributed by atoms with Crippen molar-refractivity contribution < 1.29 is 38.3 Å². The standard InChI is InChI=1S/C38H58N2O8/c1-24(2)7-6-8-25(3)29-11-12-30-28-10-9-26-23-27(17-19-37(26,4)31(28)18-20-38(29,30)5)47-35(44)16-13-32(41)39-21-22-46-36(45)48-40-33(42)14-15-34(40)43/h9,24-25,27-31H,6-8,10-23H2,1-5H3,(H,39,41)/t25-,27+,28+,29-,30+,31+,37+,38-/m1/s1. The molecule has 268 valence electrons. The number of rotatable bonds is 13. The first-order valence-electron chi connectivity index (χ1n) is 18.7. The lowest BCUT2D eigenvalue weighted by Gasteiger charge is -2.58. The van der Waals surface area contributed by atoms with Gasteiger partial charge in [-0.1, -0.05) is 70.6 Å². The van der Waals surface area contributed by atoms with Gasteiger partial charge in [-0.05, 0) is 91.3 Å². The fourth-order valence-corrected chi connectivity index (χ4v) is 10.4. The molecule has 4 aliphatic carbocycles. The van der Waals surface area contributed by atoms with Crippen molar-refractivity contribution in [3.63, 3.8) is 0 Å². The van der Waals surface area contributed by atoms with Crippen molar-refractivity contribution in [3.05, 3.63) is 11.6 Å². The van der Waals surface area contributed by atoms with Gasteiger partial charge in [-0.25, -0.2) is 4.79 Å². The maximum absolute atomic E-state index is 12.7. The molecule has 1 aliphatic heterocycles. The van der Waals surface area contributed by atoms with E-state index in [0.717, 1.165) is 55.3 Å². The number of nitrogens with one attached hydrogen (secondary N) is 1. The number of amides is 3. The highest BCUT2D eigenvalue weighted by atomic mass is 16.8. The molecular formula is C38H58N2O8. The van der Waals surface area contributed by atoms with Gasteiger partial charge in [0.2, 0.25) is 5.91 Å². The first-order valence-corrected chi connectivity index (χ1v) is 18.7. The minimum absolute atomic E-state index is 0.000383. The SMILES string of the molecule is CC(C)CCC[C@@H](C)[C@H]1CC[C@H]2[C@@H]3CC=C4C[C@@H](OC(=O)CCC(=O)NCCOC(=O)ON5C(=O)CCC5=O)CC[C@]4(C)[C@H]3CC[C@]12C. The zero-order valence-corrected chi connectivity index (χ0v) is 29.9. The molecule has 0 spiro atoms. The number of imide groups is 1. The van der Waals surface area contributed by atoms with Gasteiger partial charge in [0.25, 0.3) is 11.8 Å². The summed E-state index contributed by atoms with van der Waals surface area (Å²) in [6.45, 7) is 12.1. The summed E-state index contributed by atoms with van der Waals surface area (Å²) < 4.78 is 10.7. The lowest BCUT2D eigenvalue weighted by Crippen LogP contribution is -2.51. The molecular weight excluding hydrogens is 612 g/mol. The van der Waals surface area contributed by atoms with Crippen LogP contribution in [0.15, 0.2) is 11.6 Å². The van der Waals surface area contributed by atoms with Crippen molar-refractivity contribution in [2.45, 2.75) is 137 Å². The molecule has 0 aromatic carbocycles. The van der Waals surface area contributed by atoms with E-state index >= 15 is 0 Å². The molecule has 1 saturated heterocycles. The largest absolute Gasteiger partial charge is 0.534 e. The van der Waals surface area contributed by atoms with Crippen LogP contribution >= 0.6 is 0 Å². The third-order valence-electron chi connectivity index (χ3n) is 12.9. The molecule has 10 nitrogen and oxygen atoms in total. The molecule has 0 aromatic heterocycles. The quantitative estimate of drug-likeness (QED) is 0.0956. The Kier molecular flexibility index (Phi) is 11.6. The van der Waals surface area contributed by atoms with Gasteiger partial charge in [-0.15, -0.1) is 0 Å². The molecule has 1 N–H and O–H groups in total. The second kappa shape index (κ2) is 15.3. The number of allylic oxidation sites excluding steroid dienone is 1. The summed E-state index contributed by atoms with van der Waals surface area (Å²) in [4.78, 5) is 64.2. The molecule has 3 amide bonds. The molecule has 3 saturated carbocycles. The maximum atomic E-state index is 12.7. The Morgan fingerprint density at radius 1 is 0.958 bits per heavy atom. The molecule has 0 aromatic rings. The van der Waals surface area contributed by atoms with Crippen molar-refractivity contribution in [1.82, 2.24) is 10.4 Å². The Labute approximate surface area is 286 Å². The lowest BCUT2D eigenvalue weighted by atomic mass is 9.47. The van der Waals surface area contributed by atoms with E-state index in [4.69, 9.17) is 9.47 Å². The highest BCUT2D eigenvalue weighted by Crippen LogP contribution is 2.67. The Balaban J connectivity index is 1.03. The summed E-state index contributed by atoms with van der Waals surface area (Å²) in [5, 5.41) is 2.98. The van der Waals surface area contributed by atoms with E-state index in [0.29, 0.717) is 16.4 Å². The summed E-state index contributed by atoms with van der Waals surface area (Å²) in [5.74, 6) is 2.79. The highest BCUT2D eigenvalue weighted by molar-refractivity contribution is 6.01.